The summed E-state index contributed by atoms with van der Waals surface area (Å²) in [6, 6.07) is 0. The molecular weight excluding hydrogens is 141 g/mol. The Kier molecular flexibility index (Phi) is 4.01. The summed E-state index contributed by atoms with van der Waals surface area (Å²) in [4.78, 5) is 3.94. The van der Waals surface area contributed by atoms with Crippen LogP contribution in [0.15, 0.2) is 17.6 Å². The first-order chi connectivity index (χ1) is 4.98. The Hall–Kier alpha value is -0.660. The van der Waals surface area contributed by atoms with Gasteiger partial charge in [0.15, 0.2) is 0 Å². The number of aliphatic imine (C=N–C) groups is 1. The summed E-state index contributed by atoms with van der Waals surface area (Å²) in [5.41, 5.74) is -1.36. The van der Waals surface area contributed by atoms with Crippen LogP contribution in [0.4, 0.5) is 4.39 Å². The zero-order chi connectivity index (χ0) is 8.91. The minimum Gasteiger partial charge on any atom is -0.294 e. The van der Waals surface area contributed by atoms with Gasteiger partial charge in [0, 0.05) is 6.21 Å². The maximum atomic E-state index is 13.0. The molecule has 0 spiro atoms. The number of hydrogen-bond acceptors (Lipinski definition) is 1. The van der Waals surface area contributed by atoms with Gasteiger partial charge in [-0.25, -0.2) is 4.39 Å². The molecule has 1 nitrogen and oxygen atoms in total. The summed E-state index contributed by atoms with van der Waals surface area (Å²) in [6.07, 6.45) is 3.03. The van der Waals surface area contributed by atoms with Gasteiger partial charge in [-0.3, -0.25) is 4.99 Å². The maximum absolute atomic E-state index is 13.0. The molecular formula is C9H16FN. The highest BCUT2D eigenvalue weighted by Crippen LogP contribution is 2.10. The van der Waals surface area contributed by atoms with Gasteiger partial charge in [0.05, 0.1) is 6.54 Å². The van der Waals surface area contributed by atoms with Gasteiger partial charge < -0.3 is 0 Å². The first-order valence-corrected chi connectivity index (χ1v) is 3.80. The van der Waals surface area contributed by atoms with Crippen LogP contribution < -0.4 is 0 Å². The van der Waals surface area contributed by atoms with Crippen LogP contribution in [-0.2, 0) is 0 Å². The van der Waals surface area contributed by atoms with Crippen molar-refractivity contribution in [2.24, 2.45) is 10.9 Å². The Morgan fingerprint density at radius 1 is 1.64 bits per heavy atom. The third kappa shape index (κ3) is 5.77. The Morgan fingerprint density at radius 3 is 2.55 bits per heavy atom. The number of alkyl halides is 1. The van der Waals surface area contributed by atoms with Gasteiger partial charge in [-0.2, -0.15) is 0 Å². The van der Waals surface area contributed by atoms with Gasteiger partial charge in [0.25, 0.3) is 0 Å². The Morgan fingerprint density at radius 2 is 2.18 bits per heavy atom. The van der Waals surface area contributed by atoms with E-state index in [2.05, 4.69) is 11.6 Å². The molecule has 0 aliphatic rings. The molecule has 0 aromatic rings. The van der Waals surface area contributed by atoms with E-state index in [0.717, 1.165) is 0 Å². The number of halogens is 1. The van der Waals surface area contributed by atoms with Gasteiger partial charge in [0.1, 0.15) is 5.67 Å². The highest BCUT2D eigenvalue weighted by molar-refractivity contribution is 5.59. The van der Waals surface area contributed by atoms with Gasteiger partial charge >= 0.3 is 0 Å². The van der Waals surface area contributed by atoms with Crippen molar-refractivity contribution in [2.75, 3.05) is 6.54 Å². The molecule has 11 heavy (non-hydrogen) atoms. The van der Waals surface area contributed by atoms with Crippen molar-refractivity contribution < 1.29 is 4.39 Å². The van der Waals surface area contributed by atoms with E-state index in [9.17, 15) is 4.39 Å². The van der Waals surface area contributed by atoms with Crippen LogP contribution in [-0.4, -0.2) is 18.4 Å². The van der Waals surface area contributed by atoms with E-state index in [1.807, 2.05) is 13.8 Å². The largest absolute Gasteiger partial charge is 0.294 e. The lowest BCUT2D eigenvalue weighted by Crippen LogP contribution is -2.18. The van der Waals surface area contributed by atoms with E-state index in [4.69, 9.17) is 0 Å². The monoisotopic (exact) mass is 157 g/mol. The molecule has 2 heteroatoms. The van der Waals surface area contributed by atoms with Crippen LogP contribution in [0.3, 0.4) is 0 Å². The zero-order valence-electron chi connectivity index (χ0n) is 7.47. The highest BCUT2D eigenvalue weighted by atomic mass is 19.1. The van der Waals surface area contributed by atoms with Crippen molar-refractivity contribution in [1.29, 1.82) is 0 Å². The Balaban J connectivity index is 3.78. The van der Waals surface area contributed by atoms with Crippen molar-refractivity contribution in [1.82, 2.24) is 0 Å². The molecule has 0 aliphatic carbocycles. The third-order valence-corrected chi connectivity index (χ3v) is 1.23. The smallest absolute Gasteiger partial charge is 0.145 e. The van der Waals surface area contributed by atoms with Crippen molar-refractivity contribution in [3.63, 3.8) is 0 Å². The van der Waals surface area contributed by atoms with Crippen LogP contribution in [0.25, 0.3) is 0 Å². The summed E-state index contributed by atoms with van der Waals surface area (Å²) < 4.78 is 13.0. The van der Waals surface area contributed by atoms with Crippen LogP contribution in [0.1, 0.15) is 20.8 Å². The lowest BCUT2D eigenvalue weighted by atomic mass is 10.1. The van der Waals surface area contributed by atoms with Gasteiger partial charge in [0.2, 0.25) is 0 Å². The van der Waals surface area contributed by atoms with Crippen molar-refractivity contribution in [2.45, 2.75) is 26.4 Å². The summed E-state index contributed by atoms with van der Waals surface area (Å²) in [6.45, 7) is 9.04. The van der Waals surface area contributed by atoms with Gasteiger partial charge in [-0.15, -0.1) is 0 Å². The van der Waals surface area contributed by atoms with E-state index in [-0.39, 0.29) is 6.54 Å². The van der Waals surface area contributed by atoms with Crippen molar-refractivity contribution in [3.8, 4) is 0 Å². The van der Waals surface area contributed by atoms with Gasteiger partial charge in [-0.1, -0.05) is 26.5 Å². The zero-order valence-corrected chi connectivity index (χ0v) is 7.47. The molecule has 64 valence electrons. The predicted octanol–water partition coefficient (Wildman–Crippen LogP) is 2.63. The standard InChI is InChI=1S/C9H16FN/c1-5-9(4,10)7-11-6-8(2)3/h5-6,8H,1,7H2,2-4H3. The second-order valence-electron chi connectivity index (χ2n) is 3.22. The van der Waals surface area contributed by atoms with Crippen LogP contribution >= 0.6 is 0 Å². The molecule has 0 aliphatic heterocycles. The molecule has 0 N–H and O–H groups in total. The number of hydrogen-bond donors (Lipinski definition) is 0. The summed E-state index contributed by atoms with van der Waals surface area (Å²) in [7, 11) is 0. The first-order valence-electron chi connectivity index (χ1n) is 3.80. The average molecular weight is 157 g/mol. The van der Waals surface area contributed by atoms with E-state index in [1.54, 1.807) is 6.21 Å². The fraction of sp³-hybridized carbons (Fsp3) is 0.667. The topological polar surface area (TPSA) is 12.4 Å². The van der Waals surface area contributed by atoms with E-state index >= 15 is 0 Å². The second-order valence-corrected chi connectivity index (χ2v) is 3.22. The molecule has 1 unspecified atom stereocenters. The van der Waals surface area contributed by atoms with Crippen LogP contribution in [0.5, 0.6) is 0 Å². The van der Waals surface area contributed by atoms with E-state index in [0.29, 0.717) is 5.92 Å². The summed E-state index contributed by atoms with van der Waals surface area (Å²) in [5.74, 6) is 0.385. The molecule has 0 saturated heterocycles. The lowest BCUT2D eigenvalue weighted by Gasteiger charge is -2.10. The Labute approximate surface area is 68.0 Å². The summed E-state index contributed by atoms with van der Waals surface area (Å²) in [5, 5.41) is 0. The average Bonchev–Trinajstić information content (AvgIpc) is 1.87. The van der Waals surface area contributed by atoms with Gasteiger partial charge in [-0.05, 0) is 12.8 Å². The number of nitrogens with zero attached hydrogens (tertiary/aromatic N) is 1. The third-order valence-electron chi connectivity index (χ3n) is 1.23. The quantitative estimate of drug-likeness (QED) is 0.439. The van der Waals surface area contributed by atoms with Crippen molar-refractivity contribution >= 4 is 6.21 Å². The number of rotatable bonds is 4. The molecule has 0 fully saturated rings. The van der Waals surface area contributed by atoms with Crippen LogP contribution in [0, 0.1) is 5.92 Å². The van der Waals surface area contributed by atoms with E-state index < -0.39 is 5.67 Å². The maximum Gasteiger partial charge on any atom is 0.145 e. The molecule has 0 rings (SSSR count). The normalized spacial score (nSPS) is 17.2. The van der Waals surface area contributed by atoms with Crippen LogP contribution in [0.2, 0.25) is 0 Å². The molecule has 0 aromatic carbocycles. The summed E-state index contributed by atoms with van der Waals surface area (Å²) >= 11 is 0. The molecule has 0 radical (unpaired) electrons. The fourth-order valence-electron chi connectivity index (χ4n) is 0.507. The first kappa shape index (κ1) is 10.3. The molecule has 0 heterocycles. The molecule has 1 atom stereocenters. The fourth-order valence-corrected chi connectivity index (χ4v) is 0.507. The van der Waals surface area contributed by atoms with Crippen molar-refractivity contribution in [3.05, 3.63) is 12.7 Å². The minimum absolute atomic E-state index is 0.175. The second kappa shape index (κ2) is 4.27. The lowest BCUT2D eigenvalue weighted by molar-refractivity contribution is 0.269. The minimum atomic E-state index is -1.36. The molecule has 0 aromatic heterocycles. The predicted molar refractivity (Wildman–Crippen MR) is 47.9 cm³/mol. The highest BCUT2D eigenvalue weighted by Gasteiger charge is 2.16. The molecule has 0 amide bonds. The molecule has 0 saturated carbocycles. The Bertz CT molecular complexity index is 148. The molecule has 0 bridgehead atoms. The SMILES string of the molecule is C=CC(C)(F)CN=CC(C)C. The van der Waals surface area contributed by atoms with E-state index in [1.165, 1.54) is 13.0 Å².